The van der Waals surface area contributed by atoms with Crippen molar-refractivity contribution >= 4 is 11.9 Å². The van der Waals surface area contributed by atoms with E-state index in [1.54, 1.807) is 19.1 Å². The Morgan fingerprint density at radius 2 is 1.90 bits per heavy atom. The molecule has 0 spiro atoms. The summed E-state index contributed by atoms with van der Waals surface area (Å²) in [5, 5.41) is 2.54. The number of rotatable bonds is 6. The van der Waals surface area contributed by atoms with E-state index in [9.17, 15) is 9.59 Å². The van der Waals surface area contributed by atoms with Crippen molar-refractivity contribution < 1.29 is 14.3 Å². The predicted molar refractivity (Wildman–Crippen MR) is 78.3 cm³/mol. The number of hydrogen-bond donors (Lipinski definition) is 1. The Balaban J connectivity index is 2.70. The smallest absolute Gasteiger partial charge is 0.354 e. The highest BCUT2D eigenvalue weighted by atomic mass is 16.5. The van der Waals surface area contributed by atoms with Crippen LogP contribution in [0.15, 0.2) is 36.0 Å². The summed E-state index contributed by atoms with van der Waals surface area (Å²) >= 11 is 0. The molecule has 0 aliphatic heterocycles. The molecule has 1 aromatic carbocycles. The van der Waals surface area contributed by atoms with Crippen molar-refractivity contribution in [1.29, 1.82) is 0 Å². The number of benzene rings is 1. The van der Waals surface area contributed by atoms with Crippen LogP contribution in [0.4, 0.5) is 0 Å². The number of amides is 1. The monoisotopic (exact) mass is 275 g/mol. The van der Waals surface area contributed by atoms with Gasteiger partial charge >= 0.3 is 5.97 Å². The molecule has 20 heavy (non-hydrogen) atoms. The van der Waals surface area contributed by atoms with Crippen LogP contribution in [0.25, 0.3) is 0 Å². The highest BCUT2D eigenvalue weighted by molar-refractivity contribution is 6.01. The fraction of sp³-hybridized carbons (Fsp3) is 0.375. The van der Waals surface area contributed by atoms with Crippen LogP contribution in [0.3, 0.4) is 0 Å². The molecule has 0 aliphatic carbocycles. The maximum Gasteiger partial charge on any atom is 0.354 e. The first kappa shape index (κ1) is 16.0. The largest absolute Gasteiger partial charge is 0.464 e. The number of aryl methyl sites for hydroxylation is 1. The van der Waals surface area contributed by atoms with Gasteiger partial charge < -0.3 is 10.1 Å². The first-order valence-electron chi connectivity index (χ1n) is 6.77. The quantitative estimate of drug-likeness (QED) is 0.641. The minimum Gasteiger partial charge on any atom is -0.464 e. The van der Waals surface area contributed by atoms with Crippen molar-refractivity contribution in [2.75, 3.05) is 7.11 Å². The van der Waals surface area contributed by atoms with Crippen LogP contribution in [0.1, 0.15) is 42.6 Å². The number of esters is 1. The van der Waals surface area contributed by atoms with E-state index in [1.165, 1.54) is 18.7 Å². The summed E-state index contributed by atoms with van der Waals surface area (Å²) in [6, 6.07) is 7.42. The average molecular weight is 275 g/mol. The summed E-state index contributed by atoms with van der Waals surface area (Å²) in [6.07, 6.45) is 4.81. The molecular formula is C16H21NO3. The molecule has 0 fully saturated rings. The third-order valence-electron chi connectivity index (χ3n) is 2.98. The summed E-state index contributed by atoms with van der Waals surface area (Å²) in [7, 11) is 1.28. The standard InChI is InChI=1S/C16H21NO3/c1-4-6-7-12-8-10-13(11-9-12)15(18)17-14(5-2)16(19)20-3/h5,8-11H,4,6-7H2,1-3H3,(H,17,18)/b14-5+. The van der Waals surface area contributed by atoms with Gasteiger partial charge in [-0.2, -0.15) is 0 Å². The lowest BCUT2D eigenvalue weighted by Gasteiger charge is -2.08. The minimum atomic E-state index is -0.555. The van der Waals surface area contributed by atoms with E-state index in [1.807, 2.05) is 12.1 Å². The Morgan fingerprint density at radius 1 is 1.25 bits per heavy atom. The van der Waals surface area contributed by atoms with Crippen LogP contribution in [0.5, 0.6) is 0 Å². The van der Waals surface area contributed by atoms with E-state index in [-0.39, 0.29) is 11.6 Å². The summed E-state index contributed by atoms with van der Waals surface area (Å²) < 4.78 is 4.58. The molecule has 0 bridgehead atoms. The average Bonchev–Trinajstić information content (AvgIpc) is 2.50. The Kier molecular flexibility index (Phi) is 6.50. The fourth-order valence-corrected chi connectivity index (χ4v) is 1.75. The normalized spacial score (nSPS) is 11.1. The molecular weight excluding hydrogens is 254 g/mol. The molecule has 0 aromatic heterocycles. The zero-order valence-electron chi connectivity index (χ0n) is 12.2. The SMILES string of the molecule is C/C=C(/NC(=O)c1ccc(CCCC)cc1)C(=O)OC. The fourth-order valence-electron chi connectivity index (χ4n) is 1.75. The lowest BCUT2D eigenvalue weighted by atomic mass is 10.1. The number of nitrogens with one attached hydrogen (secondary N) is 1. The molecule has 0 aliphatic rings. The zero-order chi connectivity index (χ0) is 15.0. The van der Waals surface area contributed by atoms with E-state index in [0.29, 0.717) is 5.56 Å². The van der Waals surface area contributed by atoms with Gasteiger partial charge in [-0.05, 0) is 37.5 Å². The van der Waals surface area contributed by atoms with Crippen molar-refractivity contribution in [3.05, 3.63) is 47.2 Å². The molecule has 108 valence electrons. The predicted octanol–water partition coefficient (Wildman–Crippen LogP) is 2.84. The Labute approximate surface area is 119 Å². The number of hydrogen-bond acceptors (Lipinski definition) is 3. The number of ether oxygens (including phenoxy) is 1. The molecule has 1 rings (SSSR count). The van der Waals surface area contributed by atoms with Gasteiger partial charge in [-0.15, -0.1) is 0 Å². The molecule has 0 unspecified atom stereocenters. The van der Waals surface area contributed by atoms with Crippen molar-refractivity contribution in [2.45, 2.75) is 33.1 Å². The van der Waals surface area contributed by atoms with Crippen molar-refractivity contribution in [3.8, 4) is 0 Å². The second-order valence-electron chi connectivity index (χ2n) is 4.45. The summed E-state index contributed by atoms with van der Waals surface area (Å²) in [5.74, 6) is -0.869. The first-order chi connectivity index (χ1) is 9.62. The van der Waals surface area contributed by atoms with Gasteiger partial charge in [-0.3, -0.25) is 4.79 Å². The third-order valence-corrected chi connectivity index (χ3v) is 2.98. The molecule has 4 heteroatoms. The summed E-state index contributed by atoms with van der Waals surface area (Å²) in [4.78, 5) is 23.4. The number of carbonyl (C=O) groups is 2. The van der Waals surface area contributed by atoms with E-state index < -0.39 is 5.97 Å². The molecule has 4 nitrogen and oxygen atoms in total. The number of carbonyl (C=O) groups excluding carboxylic acids is 2. The number of allylic oxidation sites excluding steroid dienone is 1. The van der Waals surface area contributed by atoms with Crippen LogP contribution < -0.4 is 5.32 Å². The summed E-state index contributed by atoms with van der Waals surface area (Å²) in [5.41, 5.74) is 1.88. The molecule has 0 radical (unpaired) electrons. The van der Waals surface area contributed by atoms with Crippen LogP contribution in [0, 0.1) is 0 Å². The highest BCUT2D eigenvalue weighted by Crippen LogP contribution is 2.08. The maximum atomic E-state index is 12.0. The van der Waals surface area contributed by atoms with Crippen LogP contribution in [-0.4, -0.2) is 19.0 Å². The van der Waals surface area contributed by atoms with E-state index in [2.05, 4.69) is 17.0 Å². The topological polar surface area (TPSA) is 55.4 Å². The lowest BCUT2D eigenvalue weighted by Crippen LogP contribution is -2.28. The van der Waals surface area contributed by atoms with E-state index in [4.69, 9.17) is 0 Å². The maximum absolute atomic E-state index is 12.0. The van der Waals surface area contributed by atoms with Gasteiger partial charge in [0, 0.05) is 5.56 Å². The second kappa shape index (κ2) is 8.15. The van der Waals surface area contributed by atoms with Gasteiger partial charge in [0.1, 0.15) is 5.70 Å². The summed E-state index contributed by atoms with van der Waals surface area (Å²) in [6.45, 7) is 3.81. The first-order valence-corrected chi connectivity index (χ1v) is 6.77. The highest BCUT2D eigenvalue weighted by Gasteiger charge is 2.13. The molecule has 0 saturated heterocycles. The van der Waals surface area contributed by atoms with Gasteiger partial charge in [-0.25, -0.2) is 4.79 Å². The van der Waals surface area contributed by atoms with Gasteiger partial charge in [0.05, 0.1) is 7.11 Å². The number of unbranched alkanes of at least 4 members (excludes halogenated alkanes) is 1. The Hall–Kier alpha value is -2.10. The van der Waals surface area contributed by atoms with Gasteiger partial charge in [0.15, 0.2) is 0 Å². The second-order valence-corrected chi connectivity index (χ2v) is 4.45. The van der Waals surface area contributed by atoms with Gasteiger partial charge in [-0.1, -0.05) is 31.6 Å². The molecule has 1 aromatic rings. The minimum absolute atomic E-state index is 0.146. The third kappa shape index (κ3) is 4.53. The number of methoxy groups -OCH3 is 1. The Morgan fingerprint density at radius 3 is 2.40 bits per heavy atom. The van der Waals surface area contributed by atoms with Crippen LogP contribution >= 0.6 is 0 Å². The van der Waals surface area contributed by atoms with Crippen molar-refractivity contribution in [2.24, 2.45) is 0 Å². The molecule has 1 amide bonds. The van der Waals surface area contributed by atoms with E-state index in [0.717, 1.165) is 19.3 Å². The van der Waals surface area contributed by atoms with Gasteiger partial charge in [0.2, 0.25) is 0 Å². The Bertz CT molecular complexity index is 489. The van der Waals surface area contributed by atoms with E-state index >= 15 is 0 Å². The van der Waals surface area contributed by atoms with Crippen LogP contribution in [-0.2, 0) is 16.0 Å². The molecule has 1 N–H and O–H groups in total. The molecule has 0 saturated carbocycles. The molecule has 0 atom stereocenters. The molecule has 0 heterocycles. The van der Waals surface area contributed by atoms with Crippen molar-refractivity contribution in [3.63, 3.8) is 0 Å². The van der Waals surface area contributed by atoms with Crippen molar-refractivity contribution in [1.82, 2.24) is 5.32 Å². The van der Waals surface area contributed by atoms with Gasteiger partial charge in [0.25, 0.3) is 5.91 Å². The lowest BCUT2D eigenvalue weighted by molar-refractivity contribution is -0.136. The van der Waals surface area contributed by atoms with Crippen LogP contribution in [0.2, 0.25) is 0 Å². The zero-order valence-corrected chi connectivity index (χ0v) is 12.2.